The van der Waals surface area contributed by atoms with Gasteiger partial charge in [-0.25, -0.2) is 4.98 Å². The van der Waals surface area contributed by atoms with E-state index in [1.54, 1.807) is 18.4 Å². The number of ether oxygens (including phenoxy) is 1. The quantitative estimate of drug-likeness (QED) is 0.598. The first-order valence-electron chi connectivity index (χ1n) is 10.1. The number of carbonyl (C=O) groups is 1. The molecule has 28 heavy (non-hydrogen) atoms. The number of carbonyl (C=O) groups excluding carboxylic acids is 1. The number of thiazole rings is 1. The highest BCUT2D eigenvalue weighted by Crippen LogP contribution is 2.33. The third kappa shape index (κ3) is 5.37. The van der Waals surface area contributed by atoms with Crippen LogP contribution < -0.4 is 9.64 Å². The zero-order valence-electron chi connectivity index (χ0n) is 17.1. The molecule has 1 amide bonds. The van der Waals surface area contributed by atoms with Crippen LogP contribution in [0.1, 0.15) is 46.0 Å². The molecule has 3 rings (SSSR count). The standard InChI is InChI=1S/C21H31N3O2S.ClH/c1-4-23(5-2)13-14-24(20(25)16-9-7-6-8-10-16)21-22-18-15-17(26-3)11-12-19(18)27-21;/h11-12,15-16H,4-10,13-14H2,1-3H3;1H. The molecule has 0 N–H and O–H groups in total. The lowest BCUT2D eigenvalue weighted by atomic mass is 9.88. The van der Waals surface area contributed by atoms with Crippen molar-refractivity contribution in [1.82, 2.24) is 9.88 Å². The van der Waals surface area contributed by atoms with Crippen LogP contribution in [0.4, 0.5) is 5.13 Å². The number of anilines is 1. The SMILES string of the molecule is CCN(CC)CCN(C(=O)C1CCCCC1)c1nc2cc(OC)ccc2s1.Cl. The van der Waals surface area contributed by atoms with Gasteiger partial charge in [0.1, 0.15) is 5.75 Å². The predicted molar refractivity (Wildman–Crippen MR) is 120 cm³/mol. The molecular formula is C21H32ClN3O2S. The Morgan fingerprint density at radius 2 is 1.89 bits per heavy atom. The van der Waals surface area contributed by atoms with Crippen molar-refractivity contribution in [2.45, 2.75) is 46.0 Å². The lowest BCUT2D eigenvalue weighted by molar-refractivity contribution is -0.123. The second-order valence-electron chi connectivity index (χ2n) is 7.18. The summed E-state index contributed by atoms with van der Waals surface area (Å²) in [4.78, 5) is 22.4. The number of amides is 1. The molecule has 0 aliphatic heterocycles. The lowest BCUT2D eigenvalue weighted by Crippen LogP contribution is -2.42. The van der Waals surface area contributed by atoms with Gasteiger partial charge < -0.3 is 9.64 Å². The highest BCUT2D eigenvalue weighted by atomic mass is 35.5. The minimum absolute atomic E-state index is 0. The first-order chi connectivity index (χ1) is 13.2. The minimum atomic E-state index is 0. The Balaban J connectivity index is 0.00000280. The van der Waals surface area contributed by atoms with Crippen molar-refractivity contribution in [2.75, 3.05) is 38.2 Å². The van der Waals surface area contributed by atoms with Gasteiger partial charge in [0, 0.05) is 25.1 Å². The molecule has 0 saturated heterocycles. The van der Waals surface area contributed by atoms with Gasteiger partial charge in [0.05, 0.1) is 17.3 Å². The van der Waals surface area contributed by atoms with Gasteiger partial charge in [0.2, 0.25) is 5.91 Å². The van der Waals surface area contributed by atoms with Gasteiger partial charge in [0.25, 0.3) is 0 Å². The van der Waals surface area contributed by atoms with Gasteiger partial charge >= 0.3 is 0 Å². The monoisotopic (exact) mass is 425 g/mol. The molecule has 1 saturated carbocycles. The molecule has 0 radical (unpaired) electrons. The number of benzene rings is 1. The number of aromatic nitrogens is 1. The number of hydrogen-bond acceptors (Lipinski definition) is 5. The number of methoxy groups -OCH3 is 1. The summed E-state index contributed by atoms with van der Waals surface area (Å²) in [6.45, 7) is 7.91. The van der Waals surface area contributed by atoms with Crippen molar-refractivity contribution < 1.29 is 9.53 Å². The predicted octanol–water partition coefficient (Wildman–Crippen LogP) is 4.98. The van der Waals surface area contributed by atoms with Crippen molar-refractivity contribution in [2.24, 2.45) is 5.92 Å². The van der Waals surface area contributed by atoms with Crippen molar-refractivity contribution in [3.05, 3.63) is 18.2 Å². The molecule has 156 valence electrons. The summed E-state index contributed by atoms with van der Waals surface area (Å²) >= 11 is 1.60. The summed E-state index contributed by atoms with van der Waals surface area (Å²) in [6.07, 6.45) is 5.61. The molecule has 0 spiro atoms. The summed E-state index contributed by atoms with van der Waals surface area (Å²) in [5.41, 5.74) is 0.902. The zero-order valence-corrected chi connectivity index (χ0v) is 18.8. The lowest BCUT2D eigenvalue weighted by Gasteiger charge is -2.29. The van der Waals surface area contributed by atoms with E-state index in [9.17, 15) is 4.79 Å². The van der Waals surface area contributed by atoms with E-state index in [0.717, 1.165) is 66.4 Å². The van der Waals surface area contributed by atoms with Crippen LogP contribution in [0.25, 0.3) is 10.2 Å². The number of nitrogens with zero attached hydrogens (tertiary/aromatic N) is 3. The van der Waals surface area contributed by atoms with Crippen LogP contribution in [0.5, 0.6) is 5.75 Å². The second-order valence-corrected chi connectivity index (χ2v) is 8.19. The molecule has 0 unspecified atom stereocenters. The fourth-order valence-corrected chi connectivity index (χ4v) is 4.77. The Labute approximate surface area is 178 Å². The van der Waals surface area contributed by atoms with Gasteiger partial charge in [-0.3, -0.25) is 9.69 Å². The van der Waals surface area contributed by atoms with E-state index in [0.29, 0.717) is 6.54 Å². The average Bonchev–Trinajstić information content (AvgIpc) is 3.14. The number of hydrogen-bond donors (Lipinski definition) is 0. The molecule has 5 nitrogen and oxygen atoms in total. The number of likely N-dealkylation sites (N-methyl/N-ethyl adjacent to an activating group) is 1. The number of rotatable bonds is 8. The molecule has 0 bridgehead atoms. The van der Waals surface area contributed by atoms with E-state index in [1.807, 2.05) is 23.1 Å². The molecule has 0 atom stereocenters. The summed E-state index contributed by atoms with van der Waals surface area (Å²) < 4.78 is 6.41. The highest BCUT2D eigenvalue weighted by Gasteiger charge is 2.28. The van der Waals surface area contributed by atoms with E-state index < -0.39 is 0 Å². The van der Waals surface area contributed by atoms with Crippen molar-refractivity contribution >= 4 is 45.0 Å². The van der Waals surface area contributed by atoms with Crippen LogP contribution in [0.15, 0.2) is 18.2 Å². The van der Waals surface area contributed by atoms with Crippen LogP contribution in [0, 0.1) is 5.92 Å². The van der Waals surface area contributed by atoms with E-state index >= 15 is 0 Å². The maximum atomic E-state index is 13.3. The Kier molecular flexibility index (Phi) is 8.99. The van der Waals surface area contributed by atoms with E-state index in [4.69, 9.17) is 9.72 Å². The zero-order chi connectivity index (χ0) is 19.2. The molecule has 1 aromatic carbocycles. The Hall–Kier alpha value is -1.37. The van der Waals surface area contributed by atoms with Crippen LogP contribution in [-0.4, -0.2) is 49.1 Å². The number of fused-ring (bicyclic) bond motifs is 1. The third-order valence-electron chi connectivity index (χ3n) is 5.57. The van der Waals surface area contributed by atoms with Crippen molar-refractivity contribution in [3.8, 4) is 5.75 Å². The molecule has 1 fully saturated rings. The van der Waals surface area contributed by atoms with Crippen LogP contribution >= 0.6 is 23.7 Å². The molecule has 1 aliphatic rings. The van der Waals surface area contributed by atoms with Gasteiger partial charge in [0.15, 0.2) is 5.13 Å². The molecule has 2 aromatic rings. The highest BCUT2D eigenvalue weighted by molar-refractivity contribution is 7.22. The maximum absolute atomic E-state index is 13.3. The van der Waals surface area contributed by atoms with E-state index in [-0.39, 0.29) is 24.2 Å². The summed E-state index contributed by atoms with van der Waals surface area (Å²) in [7, 11) is 1.66. The van der Waals surface area contributed by atoms with E-state index in [2.05, 4.69) is 18.7 Å². The smallest absolute Gasteiger partial charge is 0.231 e. The van der Waals surface area contributed by atoms with E-state index in [1.165, 1.54) is 6.42 Å². The van der Waals surface area contributed by atoms with Crippen molar-refractivity contribution in [3.63, 3.8) is 0 Å². The van der Waals surface area contributed by atoms with Crippen LogP contribution in [0.2, 0.25) is 0 Å². The van der Waals surface area contributed by atoms with Crippen LogP contribution in [-0.2, 0) is 4.79 Å². The fourth-order valence-electron chi connectivity index (χ4n) is 3.79. The summed E-state index contributed by atoms with van der Waals surface area (Å²) in [5, 5.41) is 0.820. The minimum Gasteiger partial charge on any atom is -0.497 e. The Morgan fingerprint density at radius 3 is 2.54 bits per heavy atom. The van der Waals surface area contributed by atoms with Crippen molar-refractivity contribution in [1.29, 1.82) is 0 Å². The second kappa shape index (κ2) is 11.0. The molecule has 1 aromatic heterocycles. The molecule has 1 aliphatic carbocycles. The molecule has 1 heterocycles. The third-order valence-corrected chi connectivity index (χ3v) is 6.63. The number of halogens is 1. The first kappa shape index (κ1) is 22.9. The largest absolute Gasteiger partial charge is 0.497 e. The molecule has 7 heteroatoms. The van der Waals surface area contributed by atoms with Gasteiger partial charge in [-0.1, -0.05) is 44.4 Å². The van der Waals surface area contributed by atoms with Gasteiger partial charge in [-0.05, 0) is 38.1 Å². The summed E-state index contributed by atoms with van der Waals surface area (Å²) in [6, 6.07) is 5.93. The Morgan fingerprint density at radius 1 is 1.18 bits per heavy atom. The summed E-state index contributed by atoms with van der Waals surface area (Å²) in [5.74, 6) is 1.21. The first-order valence-corrected chi connectivity index (χ1v) is 11.0. The molecular weight excluding hydrogens is 394 g/mol. The topological polar surface area (TPSA) is 45.7 Å². The van der Waals surface area contributed by atoms with Gasteiger partial charge in [-0.2, -0.15) is 0 Å². The average molecular weight is 426 g/mol. The fraction of sp³-hybridized carbons (Fsp3) is 0.619. The Bertz CT molecular complexity index is 757. The van der Waals surface area contributed by atoms with Crippen LogP contribution in [0.3, 0.4) is 0 Å². The van der Waals surface area contributed by atoms with Gasteiger partial charge in [-0.15, -0.1) is 12.4 Å². The maximum Gasteiger partial charge on any atom is 0.231 e. The normalized spacial score (nSPS) is 14.9.